The van der Waals surface area contributed by atoms with Crippen molar-refractivity contribution < 1.29 is 9.18 Å². The Morgan fingerprint density at radius 3 is 2.88 bits per heavy atom. The van der Waals surface area contributed by atoms with Gasteiger partial charge in [-0.1, -0.05) is 29.8 Å². The predicted octanol–water partition coefficient (Wildman–Crippen LogP) is 5.09. The Bertz CT molecular complexity index is 771. The molecule has 1 heterocycles. The standard InChI is InChI=1S/C19H19BrClFN2O/c20-16-8-7-15(10-17(16)21)23-19(25)14-5-3-9-24(12-14)11-13-4-1-2-6-18(13)22/h1-2,4,6-8,10,14H,3,5,9,11-12H2,(H,23,25). The van der Waals surface area contributed by atoms with Crippen molar-refractivity contribution in [2.75, 3.05) is 18.4 Å². The molecule has 0 saturated carbocycles. The molecular formula is C19H19BrClFN2O. The number of hydrogen-bond donors (Lipinski definition) is 1. The number of anilines is 1. The molecule has 3 nitrogen and oxygen atoms in total. The molecule has 1 N–H and O–H groups in total. The van der Waals surface area contributed by atoms with Crippen LogP contribution >= 0.6 is 27.5 Å². The summed E-state index contributed by atoms with van der Waals surface area (Å²) in [6, 6.07) is 12.1. The van der Waals surface area contributed by atoms with E-state index in [4.69, 9.17) is 11.6 Å². The zero-order chi connectivity index (χ0) is 17.8. The zero-order valence-corrected chi connectivity index (χ0v) is 16.0. The third-order valence-electron chi connectivity index (χ3n) is 4.42. The Morgan fingerprint density at radius 1 is 1.32 bits per heavy atom. The molecule has 0 radical (unpaired) electrons. The summed E-state index contributed by atoms with van der Waals surface area (Å²) in [5, 5.41) is 3.49. The first-order chi connectivity index (χ1) is 12.0. The van der Waals surface area contributed by atoms with Crippen molar-refractivity contribution in [3.63, 3.8) is 0 Å². The molecule has 2 aromatic carbocycles. The van der Waals surface area contributed by atoms with Crippen LogP contribution < -0.4 is 5.32 Å². The molecule has 0 bridgehead atoms. The van der Waals surface area contributed by atoms with Gasteiger partial charge in [-0.3, -0.25) is 9.69 Å². The Kier molecular flexibility index (Phi) is 6.10. The lowest BCUT2D eigenvalue weighted by molar-refractivity contribution is -0.121. The van der Waals surface area contributed by atoms with Gasteiger partial charge in [-0.25, -0.2) is 4.39 Å². The van der Waals surface area contributed by atoms with Gasteiger partial charge in [0.15, 0.2) is 0 Å². The molecule has 1 saturated heterocycles. The SMILES string of the molecule is O=C(Nc1ccc(Br)c(Cl)c1)C1CCCN(Cc2ccccc2F)C1. The normalized spacial score (nSPS) is 18.1. The van der Waals surface area contributed by atoms with Crippen LogP contribution in [0.25, 0.3) is 0 Å². The maximum Gasteiger partial charge on any atom is 0.228 e. The number of piperidine rings is 1. The lowest BCUT2D eigenvalue weighted by atomic mass is 9.96. The number of amides is 1. The van der Waals surface area contributed by atoms with Gasteiger partial charge in [0.25, 0.3) is 0 Å². The van der Waals surface area contributed by atoms with Crippen LogP contribution in [-0.4, -0.2) is 23.9 Å². The molecule has 2 aromatic rings. The largest absolute Gasteiger partial charge is 0.326 e. The lowest BCUT2D eigenvalue weighted by Gasteiger charge is -2.32. The molecule has 132 valence electrons. The first-order valence-electron chi connectivity index (χ1n) is 8.24. The van der Waals surface area contributed by atoms with E-state index in [2.05, 4.69) is 26.1 Å². The second-order valence-corrected chi connectivity index (χ2v) is 7.55. The number of rotatable bonds is 4. The second-order valence-electron chi connectivity index (χ2n) is 6.28. The van der Waals surface area contributed by atoms with Gasteiger partial charge < -0.3 is 5.32 Å². The molecule has 6 heteroatoms. The van der Waals surface area contributed by atoms with Crippen molar-refractivity contribution in [3.8, 4) is 0 Å². The first kappa shape index (κ1) is 18.4. The predicted molar refractivity (Wildman–Crippen MR) is 102 cm³/mol. The van der Waals surface area contributed by atoms with Crippen LogP contribution in [0.15, 0.2) is 46.9 Å². The topological polar surface area (TPSA) is 32.3 Å². The zero-order valence-electron chi connectivity index (χ0n) is 13.6. The minimum Gasteiger partial charge on any atom is -0.326 e. The molecule has 25 heavy (non-hydrogen) atoms. The van der Waals surface area contributed by atoms with Gasteiger partial charge in [0.1, 0.15) is 5.82 Å². The van der Waals surface area contributed by atoms with E-state index in [9.17, 15) is 9.18 Å². The monoisotopic (exact) mass is 424 g/mol. The highest BCUT2D eigenvalue weighted by atomic mass is 79.9. The Morgan fingerprint density at radius 2 is 2.12 bits per heavy atom. The molecule has 1 aliphatic heterocycles. The number of carbonyl (C=O) groups is 1. The van der Waals surface area contributed by atoms with Crippen LogP contribution in [0.4, 0.5) is 10.1 Å². The quantitative estimate of drug-likeness (QED) is 0.740. The third-order valence-corrected chi connectivity index (χ3v) is 5.65. The van der Waals surface area contributed by atoms with Crippen molar-refractivity contribution in [2.24, 2.45) is 5.92 Å². The average molecular weight is 426 g/mol. The van der Waals surface area contributed by atoms with E-state index in [0.717, 1.165) is 23.9 Å². The highest BCUT2D eigenvalue weighted by Gasteiger charge is 2.26. The second kappa shape index (κ2) is 8.30. The van der Waals surface area contributed by atoms with Crippen molar-refractivity contribution in [1.29, 1.82) is 0 Å². The maximum atomic E-state index is 13.8. The molecule has 1 amide bonds. The molecule has 1 unspecified atom stereocenters. The van der Waals surface area contributed by atoms with Gasteiger partial charge in [0.05, 0.1) is 10.9 Å². The molecule has 1 aliphatic rings. The first-order valence-corrected chi connectivity index (χ1v) is 9.41. The van der Waals surface area contributed by atoms with Crippen LogP contribution in [0, 0.1) is 11.7 Å². The number of halogens is 3. The van der Waals surface area contributed by atoms with Gasteiger partial charge in [-0.05, 0) is 59.6 Å². The number of hydrogen-bond acceptors (Lipinski definition) is 2. The number of nitrogens with one attached hydrogen (secondary N) is 1. The third kappa shape index (κ3) is 4.81. The number of likely N-dealkylation sites (tertiary alicyclic amines) is 1. The molecule has 0 spiro atoms. The van der Waals surface area contributed by atoms with E-state index >= 15 is 0 Å². The van der Waals surface area contributed by atoms with Gasteiger partial charge >= 0.3 is 0 Å². The number of benzene rings is 2. The van der Waals surface area contributed by atoms with Crippen LogP contribution in [0.1, 0.15) is 18.4 Å². The van der Waals surface area contributed by atoms with Crippen LogP contribution in [-0.2, 0) is 11.3 Å². The van der Waals surface area contributed by atoms with E-state index in [1.165, 1.54) is 6.07 Å². The Balaban J connectivity index is 1.61. The van der Waals surface area contributed by atoms with Crippen LogP contribution in [0.2, 0.25) is 5.02 Å². The summed E-state index contributed by atoms with van der Waals surface area (Å²) in [6.07, 6.45) is 1.76. The molecule has 0 aromatic heterocycles. The van der Waals surface area contributed by atoms with Gasteiger partial charge in [0.2, 0.25) is 5.91 Å². The smallest absolute Gasteiger partial charge is 0.228 e. The van der Waals surface area contributed by atoms with Crippen molar-refractivity contribution in [3.05, 3.63) is 63.3 Å². The van der Waals surface area contributed by atoms with Gasteiger partial charge in [0, 0.05) is 28.8 Å². The van der Waals surface area contributed by atoms with E-state index in [1.54, 1.807) is 18.2 Å². The summed E-state index contributed by atoms with van der Waals surface area (Å²) in [6.45, 7) is 2.03. The number of nitrogens with zero attached hydrogens (tertiary/aromatic N) is 1. The van der Waals surface area contributed by atoms with Gasteiger partial charge in [-0.2, -0.15) is 0 Å². The van der Waals surface area contributed by atoms with Crippen molar-refractivity contribution in [2.45, 2.75) is 19.4 Å². The summed E-state index contributed by atoms with van der Waals surface area (Å²) >= 11 is 9.40. The highest BCUT2D eigenvalue weighted by Crippen LogP contribution is 2.27. The molecule has 1 fully saturated rings. The summed E-state index contributed by atoms with van der Waals surface area (Å²) in [5.41, 5.74) is 1.35. The molecule has 1 atom stereocenters. The van der Waals surface area contributed by atoms with Crippen LogP contribution in [0.3, 0.4) is 0 Å². The Labute approximate surface area is 160 Å². The number of carbonyl (C=O) groups excluding carboxylic acids is 1. The summed E-state index contributed by atoms with van der Waals surface area (Å²) in [7, 11) is 0. The van der Waals surface area contributed by atoms with Gasteiger partial charge in [-0.15, -0.1) is 0 Å². The summed E-state index contributed by atoms with van der Waals surface area (Å²) in [4.78, 5) is 14.7. The minimum atomic E-state index is -0.196. The fourth-order valence-corrected chi connectivity index (χ4v) is 3.53. The maximum absolute atomic E-state index is 13.8. The van der Waals surface area contributed by atoms with E-state index < -0.39 is 0 Å². The molecular weight excluding hydrogens is 407 g/mol. The van der Waals surface area contributed by atoms with E-state index in [0.29, 0.717) is 29.4 Å². The summed E-state index contributed by atoms with van der Waals surface area (Å²) < 4.78 is 14.6. The lowest BCUT2D eigenvalue weighted by Crippen LogP contribution is -2.40. The molecule has 3 rings (SSSR count). The Hall–Kier alpha value is -1.43. The highest BCUT2D eigenvalue weighted by molar-refractivity contribution is 9.10. The molecule has 0 aliphatic carbocycles. The summed E-state index contributed by atoms with van der Waals surface area (Å²) in [5.74, 6) is -0.321. The van der Waals surface area contributed by atoms with E-state index in [-0.39, 0.29) is 17.6 Å². The van der Waals surface area contributed by atoms with Crippen LogP contribution in [0.5, 0.6) is 0 Å². The minimum absolute atomic E-state index is 0.0170. The average Bonchev–Trinajstić information content (AvgIpc) is 2.60. The van der Waals surface area contributed by atoms with E-state index in [1.807, 2.05) is 18.2 Å². The van der Waals surface area contributed by atoms with Crippen molar-refractivity contribution >= 4 is 39.1 Å². The fourth-order valence-electron chi connectivity index (χ4n) is 3.10. The van der Waals surface area contributed by atoms with Crippen molar-refractivity contribution in [1.82, 2.24) is 4.90 Å². The fraction of sp³-hybridized carbons (Fsp3) is 0.316.